The number of unbranched alkanes of at least 4 members (excludes halogenated alkanes) is 2. The van der Waals surface area contributed by atoms with Crippen LogP contribution in [0.3, 0.4) is 0 Å². The lowest BCUT2D eigenvalue weighted by Gasteiger charge is -2.19. The molecule has 3 aromatic carbocycles. The van der Waals surface area contributed by atoms with Gasteiger partial charge in [-0.2, -0.15) is 0 Å². The summed E-state index contributed by atoms with van der Waals surface area (Å²) in [6.07, 6.45) is 9.39. The summed E-state index contributed by atoms with van der Waals surface area (Å²) >= 11 is 10.7. The van der Waals surface area contributed by atoms with Crippen molar-refractivity contribution >= 4 is 65.6 Å². The standard InChI is InChI=1S/C48H52Br2N2O6S2/c1-5-9-11-29(7-3)27-57-33-17-13-31(14-18-33)37-38(32-15-19-34(20-16-32)58-28-30(8-4)12-10-6-2)52-40-36(46-42-44(48(50)60-46)56-26-24-54-42)22-21-35(39(40)51-37)45-41-43(47(49)59-45)55-25-23-53-41/h13-22,29-30H,5-12,23-28H2,1-4H3. The minimum Gasteiger partial charge on any atom is -0.493 e. The van der Waals surface area contributed by atoms with E-state index in [9.17, 15) is 0 Å². The first-order chi connectivity index (χ1) is 29.4. The van der Waals surface area contributed by atoms with Crippen LogP contribution in [0.5, 0.6) is 34.5 Å². The molecule has 0 aliphatic carbocycles. The Morgan fingerprint density at radius 3 is 1.30 bits per heavy atom. The molecule has 2 aliphatic heterocycles. The molecule has 0 bridgehead atoms. The van der Waals surface area contributed by atoms with Crippen LogP contribution in [0.2, 0.25) is 0 Å². The molecule has 8 rings (SSSR count). The third-order valence-corrected chi connectivity index (χ3v) is 15.0. The van der Waals surface area contributed by atoms with Gasteiger partial charge in [0.1, 0.15) is 45.5 Å². The molecule has 0 saturated carbocycles. The molecule has 0 amide bonds. The first-order valence-corrected chi connectivity index (χ1v) is 24.6. The van der Waals surface area contributed by atoms with Gasteiger partial charge in [0.25, 0.3) is 0 Å². The van der Waals surface area contributed by atoms with Crippen LogP contribution in [-0.4, -0.2) is 49.6 Å². The minimum atomic E-state index is 0.469. The molecule has 2 aliphatic rings. The molecule has 0 radical (unpaired) electrons. The predicted molar refractivity (Wildman–Crippen MR) is 252 cm³/mol. The number of ether oxygens (including phenoxy) is 6. The summed E-state index contributed by atoms with van der Waals surface area (Å²) in [5, 5.41) is 0. The maximum atomic E-state index is 6.36. The molecular formula is C48H52Br2N2O6S2. The molecule has 6 aromatic rings. The average Bonchev–Trinajstić information content (AvgIpc) is 3.81. The quantitative estimate of drug-likeness (QED) is 0.0843. The van der Waals surface area contributed by atoms with Crippen LogP contribution >= 0.6 is 54.5 Å². The predicted octanol–water partition coefficient (Wildman–Crippen LogP) is 14.7. The summed E-state index contributed by atoms with van der Waals surface area (Å²) in [6, 6.07) is 20.9. The van der Waals surface area contributed by atoms with Gasteiger partial charge >= 0.3 is 0 Å². The number of hydrogen-bond donors (Lipinski definition) is 0. The van der Waals surface area contributed by atoms with Crippen molar-refractivity contribution in [2.75, 3.05) is 39.6 Å². The Bertz CT molecular complexity index is 2230. The largest absolute Gasteiger partial charge is 0.493 e. The maximum absolute atomic E-state index is 6.36. The van der Waals surface area contributed by atoms with Crippen molar-refractivity contribution in [3.8, 4) is 77.9 Å². The molecule has 2 atom stereocenters. The Kier molecular flexibility index (Phi) is 14.2. The van der Waals surface area contributed by atoms with E-state index >= 15 is 0 Å². The van der Waals surface area contributed by atoms with Gasteiger partial charge in [0, 0.05) is 22.3 Å². The van der Waals surface area contributed by atoms with Crippen LogP contribution < -0.4 is 28.4 Å². The third-order valence-electron chi connectivity index (χ3n) is 11.3. The number of aromatic nitrogens is 2. The van der Waals surface area contributed by atoms with E-state index in [-0.39, 0.29) is 0 Å². The summed E-state index contributed by atoms with van der Waals surface area (Å²) in [4.78, 5) is 13.1. The van der Waals surface area contributed by atoms with E-state index < -0.39 is 0 Å². The fraction of sp³-hybridized carbons (Fsp3) is 0.417. The van der Waals surface area contributed by atoms with E-state index in [1.54, 1.807) is 22.7 Å². The smallest absolute Gasteiger partial charge is 0.187 e. The van der Waals surface area contributed by atoms with Crippen LogP contribution in [0.15, 0.2) is 68.2 Å². The van der Waals surface area contributed by atoms with E-state index in [4.69, 9.17) is 38.4 Å². The number of thiophene rings is 2. The Balaban J connectivity index is 1.27. The lowest BCUT2D eigenvalue weighted by Crippen LogP contribution is -2.14. The van der Waals surface area contributed by atoms with Gasteiger partial charge in [-0.3, -0.25) is 0 Å². The van der Waals surface area contributed by atoms with Gasteiger partial charge in [-0.05, 0) is 105 Å². The normalized spacial score (nSPS) is 14.3. The third kappa shape index (κ3) is 9.17. The van der Waals surface area contributed by atoms with E-state index in [0.717, 1.165) is 97.8 Å². The summed E-state index contributed by atoms with van der Waals surface area (Å²) in [7, 11) is 0. The number of fused-ring (bicyclic) bond motifs is 3. The number of halogens is 2. The summed E-state index contributed by atoms with van der Waals surface area (Å²) in [6.45, 7) is 12.3. The minimum absolute atomic E-state index is 0.469. The van der Waals surface area contributed by atoms with Crippen molar-refractivity contribution in [1.82, 2.24) is 9.97 Å². The highest BCUT2D eigenvalue weighted by Gasteiger charge is 2.30. The molecule has 60 heavy (non-hydrogen) atoms. The molecule has 0 saturated heterocycles. The first kappa shape index (κ1) is 42.8. The lowest BCUT2D eigenvalue weighted by molar-refractivity contribution is 0.173. The monoisotopic (exact) mass is 974 g/mol. The zero-order valence-corrected chi connectivity index (χ0v) is 39.5. The highest BCUT2D eigenvalue weighted by Crippen LogP contribution is 2.56. The molecule has 5 heterocycles. The second-order valence-electron chi connectivity index (χ2n) is 15.4. The lowest BCUT2D eigenvalue weighted by atomic mass is 9.99. The molecular weight excluding hydrogens is 924 g/mol. The number of hydrogen-bond acceptors (Lipinski definition) is 10. The highest BCUT2D eigenvalue weighted by molar-refractivity contribution is 9.11. The first-order valence-electron chi connectivity index (χ1n) is 21.4. The van der Waals surface area contributed by atoms with E-state index in [2.05, 4.69) is 120 Å². The average molecular weight is 977 g/mol. The zero-order valence-electron chi connectivity index (χ0n) is 34.7. The Hall–Kier alpha value is -3.84. The Morgan fingerprint density at radius 1 is 0.550 bits per heavy atom. The fourth-order valence-electron chi connectivity index (χ4n) is 7.73. The van der Waals surface area contributed by atoms with Crippen molar-refractivity contribution in [2.45, 2.75) is 79.1 Å². The number of benzene rings is 3. The molecule has 2 unspecified atom stereocenters. The van der Waals surface area contributed by atoms with Crippen molar-refractivity contribution in [1.29, 1.82) is 0 Å². The molecule has 316 valence electrons. The van der Waals surface area contributed by atoms with Crippen LogP contribution in [0, 0.1) is 11.8 Å². The van der Waals surface area contributed by atoms with Crippen LogP contribution in [0.25, 0.3) is 54.4 Å². The van der Waals surface area contributed by atoms with Crippen molar-refractivity contribution in [3.63, 3.8) is 0 Å². The van der Waals surface area contributed by atoms with Gasteiger partial charge in [0.05, 0.1) is 45.4 Å². The second-order valence-corrected chi connectivity index (χ2v) is 20.1. The van der Waals surface area contributed by atoms with Gasteiger partial charge in [-0.1, -0.05) is 78.4 Å². The molecule has 0 spiro atoms. The van der Waals surface area contributed by atoms with Gasteiger partial charge in [0.2, 0.25) is 0 Å². The van der Waals surface area contributed by atoms with Crippen molar-refractivity contribution in [3.05, 3.63) is 68.2 Å². The SMILES string of the molecule is CCCCC(CC)COc1ccc(-c2nc3c(-c4sc(Br)c5c4OCCO5)ccc(-c4sc(Br)c5c4OCCO5)c3nc2-c2ccc(OCC(CC)CCCC)cc2)cc1. The van der Waals surface area contributed by atoms with Gasteiger partial charge in [0.15, 0.2) is 23.0 Å². The topological polar surface area (TPSA) is 81.2 Å². The summed E-state index contributed by atoms with van der Waals surface area (Å²) in [5.41, 5.74) is 6.69. The summed E-state index contributed by atoms with van der Waals surface area (Å²) in [5.74, 6) is 5.64. The fourth-order valence-corrected chi connectivity index (χ4v) is 11.2. The van der Waals surface area contributed by atoms with Gasteiger partial charge < -0.3 is 28.4 Å². The van der Waals surface area contributed by atoms with Crippen LogP contribution in [0.4, 0.5) is 0 Å². The van der Waals surface area contributed by atoms with Crippen molar-refractivity contribution < 1.29 is 28.4 Å². The van der Waals surface area contributed by atoms with Crippen LogP contribution in [-0.2, 0) is 0 Å². The molecule has 0 fully saturated rings. The van der Waals surface area contributed by atoms with E-state index in [0.29, 0.717) is 63.0 Å². The molecule has 8 nitrogen and oxygen atoms in total. The Morgan fingerprint density at radius 2 is 0.933 bits per heavy atom. The molecule has 12 heteroatoms. The second kappa shape index (κ2) is 19.9. The van der Waals surface area contributed by atoms with Gasteiger partial charge in [-0.15, -0.1) is 22.7 Å². The Labute approximate surface area is 378 Å². The molecule has 3 aromatic heterocycles. The zero-order chi connectivity index (χ0) is 41.6. The van der Waals surface area contributed by atoms with Crippen molar-refractivity contribution in [2.24, 2.45) is 11.8 Å². The van der Waals surface area contributed by atoms with E-state index in [1.807, 2.05) is 0 Å². The van der Waals surface area contributed by atoms with Crippen LogP contribution in [0.1, 0.15) is 79.1 Å². The highest BCUT2D eigenvalue weighted by atomic mass is 79.9. The molecule has 0 N–H and O–H groups in total. The van der Waals surface area contributed by atoms with E-state index in [1.165, 1.54) is 38.5 Å². The number of rotatable bonds is 18. The van der Waals surface area contributed by atoms with Gasteiger partial charge in [-0.25, -0.2) is 9.97 Å². The number of nitrogens with zero attached hydrogens (tertiary/aromatic N) is 2. The maximum Gasteiger partial charge on any atom is 0.187 e. The summed E-state index contributed by atoms with van der Waals surface area (Å²) < 4.78 is 39.2.